The van der Waals surface area contributed by atoms with Crippen LogP contribution in [0.1, 0.15) is 27.9 Å². The van der Waals surface area contributed by atoms with Gasteiger partial charge in [-0.25, -0.2) is 0 Å². The first-order valence-corrected chi connectivity index (χ1v) is 9.96. The Labute approximate surface area is 174 Å². The standard InChI is InChI=1S/C23H24N4O3/c1-14-2-7-20-19(10-14)16(12-25-20)8-9-27-13-17(11-21(27)28)23(30)26-18-5-3-15(4-6-18)22(24)29/h2-7,10,12,17,25H,8-9,11,13H2,1H3,(H2,24,29)(H,26,30)/t17-/m0/s1. The van der Waals surface area contributed by atoms with Crippen molar-refractivity contribution < 1.29 is 14.4 Å². The van der Waals surface area contributed by atoms with Crippen LogP contribution in [0.5, 0.6) is 0 Å². The summed E-state index contributed by atoms with van der Waals surface area (Å²) in [6.07, 6.45) is 2.93. The number of aryl methyl sites for hydroxylation is 1. The number of likely N-dealkylation sites (tertiary alicyclic amines) is 1. The van der Waals surface area contributed by atoms with Gasteiger partial charge < -0.3 is 20.9 Å². The van der Waals surface area contributed by atoms with E-state index >= 15 is 0 Å². The Balaban J connectivity index is 1.35. The van der Waals surface area contributed by atoms with Gasteiger partial charge in [0, 0.05) is 47.9 Å². The lowest BCUT2D eigenvalue weighted by Gasteiger charge is -2.16. The molecule has 2 aromatic carbocycles. The van der Waals surface area contributed by atoms with Gasteiger partial charge in [-0.3, -0.25) is 14.4 Å². The minimum atomic E-state index is -0.518. The quantitative estimate of drug-likeness (QED) is 0.588. The van der Waals surface area contributed by atoms with E-state index in [4.69, 9.17) is 5.73 Å². The number of benzene rings is 2. The number of carbonyl (C=O) groups excluding carboxylic acids is 3. The van der Waals surface area contributed by atoms with Crippen LogP contribution >= 0.6 is 0 Å². The minimum Gasteiger partial charge on any atom is -0.366 e. The van der Waals surface area contributed by atoms with Crippen molar-refractivity contribution in [3.63, 3.8) is 0 Å². The first kappa shape index (κ1) is 19.7. The van der Waals surface area contributed by atoms with E-state index in [2.05, 4.69) is 35.4 Å². The van der Waals surface area contributed by atoms with Gasteiger partial charge in [0.25, 0.3) is 0 Å². The second-order valence-electron chi connectivity index (χ2n) is 7.78. The van der Waals surface area contributed by atoms with E-state index < -0.39 is 11.8 Å². The molecular weight excluding hydrogens is 380 g/mol. The monoisotopic (exact) mass is 404 g/mol. The summed E-state index contributed by atoms with van der Waals surface area (Å²) in [4.78, 5) is 41.2. The Bertz CT molecular complexity index is 1120. The van der Waals surface area contributed by atoms with Gasteiger partial charge in [0.15, 0.2) is 0 Å². The van der Waals surface area contributed by atoms with Crippen molar-refractivity contribution >= 4 is 34.3 Å². The molecule has 1 aromatic heterocycles. The Hall–Kier alpha value is -3.61. The van der Waals surface area contributed by atoms with E-state index in [9.17, 15) is 14.4 Å². The Morgan fingerprint density at radius 3 is 2.70 bits per heavy atom. The van der Waals surface area contributed by atoms with E-state index in [0.717, 1.165) is 11.9 Å². The molecule has 0 spiro atoms. The summed E-state index contributed by atoms with van der Waals surface area (Å²) < 4.78 is 0. The second-order valence-corrected chi connectivity index (χ2v) is 7.78. The number of nitrogens with one attached hydrogen (secondary N) is 2. The van der Waals surface area contributed by atoms with Gasteiger partial charge in [-0.2, -0.15) is 0 Å². The highest BCUT2D eigenvalue weighted by atomic mass is 16.2. The number of fused-ring (bicyclic) bond motifs is 1. The minimum absolute atomic E-state index is 0.00440. The van der Waals surface area contributed by atoms with Crippen molar-refractivity contribution in [2.45, 2.75) is 19.8 Å². The van der Waals surface area contributed by atoms with E-state index in [-0.39, 0.29) is 18.2 Å². The van der Waals surface area contributed by atoms with E-state index in [1.54, 1.807) is 29.2 Å². The van der Waals surface area contributed by atoms with Crippen LogP contribution in [0.3, 0.4) is 0 Å². The van der Waals surface area contributed by atoms with Crippen molar-refractivity contribution in [3.8, 4) is 0 Å². The number of amides is 3. The number of aromatic amines is 1. The van der Waals surface area contributed by atoms with Crippen molar-refractivity contribution in [2.75, 3.05) is 18.4 Å². The zero-order valence-electron chi connectivity index (χ0n) is 16.8. The molecule has 30 heavy (non-hydrogen) atoms. The maximum Gasteiger partial charge on any atom is 0.248 e. The largest absolute Gasteiger partial charge is 0.366 e. The molecule has 3 aromatic rings. The zero-order chi connectivity index (χ0) is 21.3. The molecule has 3 amide bonds. The summed E-state index contributed by atoms with van der Waals surface area (Å²) in [5, 5.41) is 3.99. The fraction of sp³-hybridized carbons (Fsp3) is 0.261. The van der Waals surface area contributed by atoms with Crippen molar-refractivity contribution in [3.05, 3.63) is 65.4 Å². The third-order valence-corrected chi connectivity index (χ3v) is 5.60. The lowest BCUT2D eigenvalue weighted by Crippen LogP contribution is -2.30. The second kappa shape index (κ2) is 8.02. The number of aromatic nitrogens is 1. The fourth-order valence-electron chi connectivity index (χ4n) is 3.88. The summed E-state index contributed by atoms with van der Waals surface area (Å²) in [6.45, 7) is 3.05. The summed E-state index contributed by atoms with van der Waals surface area (Å²) in [6, 6.07) is 12.7. The first-order valence-electron chi connectivity index (χ1n) is 9.96. The Kier molecular flexibility index (Phi) is 5.27. The number of nitrogens with zero attached hydrogens (tertiary/aromatic N) is 1. The van der Waals surface area contributed by atoms with Gasteiger partial charge in [-0.05, 0) is 55.3 Å². The number of nitrogens with two attached hydrogens (primary N) is 1. The molecule has 4 rings (SSSR count). The molecule has 1 fully saturated rings. The predicted octanol–water partition coefficient (Wildman–Crippen LogP) is 2.60. The molecule has 0 saturated carbocycles. The van der Waals surface area contributed by atoms with Crippen LogP contribution in [0.15, 0.2) is 48.7 Å². The molecule has 1 saturated heterocycles. The average molecular weight is 404 g/mol. The number of anilines is 1. The van der Waals surface area contributed by atoms with Crippen LogP contribution in [0.4, 0.5) is 5.69 Å². The molecular formula is C23H24N4O3. The molecule has 1 atom stereocenters. The molecule has 0 unspecified atom stereocenters. The van der Waals surface area contributed by atoms with Crippen LogP contribution in [-0.2, 0) is 16.0 Å². The molecule has 7 heteroatoms. The van der Waals surface area contributed by atoms with Gasteiger partial charge in [0.1, 0.15) is 0 Å². The van der Waals surface area contributed by atoms with Crippen molar-refractivity contribution in [1.82, 2.24) is 9.88 Å². The SMILES string of the molecule is Cc1ccc2[nH]cc(CCN3C[C@@H](C(=O)Nc4ccc(C(N)=O)cc4)CC3=O)c2c1. The highest BCUT2D eigenvalue weighted by molar-refractivity contribution is 5.98. The number of H-pyrrole nitrogens is 1. The summed E-state index contributed by atoms with van der Waals surface area (Å²) in [5.74, 6) is -1.11. The molecule has 154 valence electrons. The maximum atomic E-state index is 12.6. The number of rotatable bonds is 6. The third kappa shape index (κ3) is 4.05. The van der Waals surface area contributed by atoms with E-state index in [1.165, 1.54) is 16.5 Å². The highest BCUT2D eigenvalue weighted by Gasteiger charge is 2.34. The average Bonchev–Trinajstić information content (AvgIpc) is 3.29. The highest BCUT2D eigenvalue weighted by Crippen LogP contribution is 2.23. The number of hydrogen-bond acceptors (Lipinski definition) is 3. The smallest absolute Gasteiger partial charge is 0.248 e. The molecule has 0 aliphatic carbocycles. The van der Waals surface area contributed by atoms with E-state index in [0.29, 0.717) is 24.3 Å². The zero-order valence-corrected chi connectivity index (χ0v) is 16.8. The Morgan fingerprint density at radius 2 is 1.97 bits per heavy atom. The number of hydrogen-bond donors (Lipinski definition) is 3. The fourth-order valence-corrected chi connectivity index (χ4v) is 3.88. The topological polar surface area (TPSA) is 108 Å². The van der Waals surface area contributed by atoms with Gasteiger partial charge in [-0.1, -0.05) is 11.6 Å². The molecule has 1 aliphatic heterocycles. The van der Waals surface area contributed by atoms with Crippen molar-refractivity contribution in [1.29, 1.82) is 0 Å². The van der Waals surface area contributed by atoms with Crippen LogP contribution in [0, 0.1) is 12.8 Å². The molecule has 0 bridgehead atoms. The molecule has 2 heterocycles. The normalized spacial score (nSPS) is 16.2. The van der Waals surface area contributed by atoms with Crippen LogP contribution in [0.25, 0.3) is 10.9 Å². The van der Waals surface area contributed by atoms with Gasteiger partial charge in [0.05, 0.1) is 5.92 Å². The van der Waals surface area contributed by atoms with Crippen LogP contribution in [0.2, 0.25) is 0 Å². The number of carbonyl (C=O) groups is 3. The van der Waals surface area contributed by atoms with Gasteiger partial charge >= 0.3 is 0 Å². The van der Waals surface area contributed by atoms with Crippen LogP contribution < -0.4 is 11.1 Å². The molecule has 7 nitrogen and oxygen atoms in total. The summed E-state index contributed by atoms with van der Waals surface area (Å²) in [5.41, 5.74) is 9.63. The van der Waals surface area contributed by atoms with Crippen molar-refractivity contribution in [2.24, 2.45) is 11.7 Å². The lowest BCUT2D eigenvalue weighted by molar-refractivity contribution is -0.128. The molecule has 4 N–H and O–H groups in total. The Morgan fingerprint density at radius 1 is 1.20 bits per heavy atom. The third-order valence-electron chi connectivity index (χ3n) is 5.60. The van der Waals surface area contributed by atoms with Crippen LogP contribution in [-0.4, -0.2) is 40.7 Å². The lowest BCUT2D eigenvalue weighted by atomic mass is 10.1. The summed E-state index contributed by atoms with van der Waals surface area (Å²) in [7, 11) is 0. The maximum absolute atomic E-state index is 12.6. The molecule has 0 radical (unpaired) electrons. The van der Waals surface area contributed by atoms with E-state index in [1.807, 2.05) is 6.20 Å². The first-order chi connectivity index (χ1) is 14.4. The summed E-state index contributed by atoms with van der Waals surface area (Å²) >= 11 is 0. The predicted molar refractivity (Wildman–Crippen MR) is 115 cm³/mol. The molecule has 1 aliphatic rings. The van der Waals surface area contributed by atoms with Gasteiger partial charge in [-0.15, -0.1) is 0 Å². The van der Waals surface area contributed by atoms with Gasteiger partial charge in [0.2, 0.25) is 17.7 Å². The number of primary amides is 1.